The van der Waals surface area contributed by atoms with E-state index in [1.165, 1.54) is 0 Å². The van der Waals surface area contributed by atoms with Crippen molar-refractivity contribution in [1.82, 2.24) is 29.1 Å². The highest BCUT2D eigenvalue weighted by Gasteiger charge is 2.29. The van der Waals surface area contributed by atoms with Crippen molar-refractivity contribution >= 4 is 28.4 Å². The average Bonchev–Trinajstić information content (AvgIpc) is 3.31. The van der Waals surface area contributed by atoms with Crippen molar-refractivity contribution in [3.05, 3.63) is 30.2 Å². The fourth-order valence-corrected chi connectivity index (χ4v) is 4.50. The van der Waals surface area contributed by atoms with E-state index in [1.807, 2.05) is 38.2 Å². The molecule has 1 aliphatic carbocycles. The molecule has 168 valence electrons. The lowest BCUT2D eigenvalue weighted by Crippen LogP contribution is -2.36. The van der Waals surface area contributed by atoms with Gasteiger partial charge >= 0.3 is 0 Å². The number of halogens is 1. The number of aryl methyl sites for hydroxylation is 2. The highest BCUT2D eigenvalue weighted by Crippen LogP contribution is 2.31. The van der Waals surface area contributed by atoms with Crippen LogP contribution in [0.5, 0.6) is 0 Å². The molecule has 0 saturated heterocycles. The van der Waals surface area contributed by atoms with Crippen LogP contribution in [-0.2, 0) is 6.54 Å². The van der Waals surface area contributed by atoms with Gasteiger partial charge < -0.3 is 20.7 Å². The van der Waals surface area contributed by atoms with Gasteiger partial charge in [0.1, 0.15) is 23.5 Å². The lowest BCUT2D eigenvalue weighted by atomic mass is 9.84. The van der Waals surface area contributed by atoms with Crippen LogP contribution in [0.15, 0.2) is 24.4 Å². The number of fused-ring (bicyclic) bond motifs is 2. The van der Waals surface area contributed by atoms with Crippen molar-refractivity contribution in [2.24, 2.45) is 0 Å². The number of nitrogens with zero attached hydrogens (tertiary/aromatic N) is 6. The molecular formula is C22H27FN8O. The number of hydrogen-bond acceptors (Lipinski definition) is 7. The summed E-state index contributed by atoms with van der Waals surface area (Å²) in [5, 5.41) is 18.1. The number of rotatable bonds is 5. The maximum absolute atomic E-state index is 13.0. The van der Waals surface area contributed by atoms with E-state index in [4.69, 9.17) is 10.7 Å². The first-order valence-electron chi connectivity index (χ1n) is 10.9. The maximum Gasteiger partial charge on any atom is 0.243 e. The van der Waals surface area contributed by atoms with E-state index in [1.54, 1.807) is 9.08 Å². The predicted octanol–water partition coefficient (Wildman–Crippen LogP) is 3.11. The van der Waals surface area contributed by atoms with E-state index >= 15 is 0 Å². The Morgan fingerprint density at radius 1 is 1.22 bits per heavy atom. The van der Waals surface area contributed by atoms with Crippen molar-refractivity contribution in [2.45, 2.75) is 57.7 Å². The van der Waals surface area contributed by atoms with E-state index in [2.05, 4.69) is 20.4 Å². The zero-order valence-corrected chi connectivity index (χ0v) is 18.2. The summed E-state index contributed by atoms with van der Waals surface area (Å²) in [6.07, 6.45) is 5.00. The summed E-state index contributed by atoms with van der Waals surface area (Å²) in [6, 6.07) is 5.86. The Bertz CT molecular complexity index is 1280. The molecule has 32 heavy (non-hydrogen) atoms. The lowest BCUT2D eigenvalue weighted by Gasteiger charge is -2.33. The number of nitrogen functional groups attached to an aromatic ring is 1. The minimum atomic E-state index is -0.594. The third-order valence-electron chi connectivity index (χ3n) is 6.30. The number of imidazole rings is 1. The fraction of sp³-hybridized carbons (Fsp3) is 0.455. The number of alkyl halides is 1. The monoisotopic (exact) mass is 438 g/mol. The molecule has 0 aromatic carbocycles. The van der Waals surface area contributed by atoms with Gasteiger partial charge in [0.25, 0.3) is 0 Å². The average molecular weight is 439 g/mol. The second kappa shape index (κ2) is 7.70. The molecule has 1 fully saturated rings. The first-order chi connectivity index (χ1) is 15.3. The minimum absolute atomic E-state index is 0.199. The van der Waals surface area contributed by atoms with E-state index in [0.717, 1.165) is 42.6 Å². The Morgan fingerprint density at radius 2 is 2.00 bits per heavy atom. The molecule has 4 heterocycles. The second-order valence-corrected chi connectivity index (χ2v) is 8.80. The van der Waals surface area contributed by atoms with Gasteiger partial charge in [-0.1, -0.05) is 0 Å². The van der Waals surface area contributed by atoms with Crippen LogP contribution in [0.2, 0.25) is 0 Å². The molecular weight excluding hydrogens is 411 g/mol. The third-order valence-corrected chi connectivity index (χ3v) is 6.30. The zero-order valence-electron chi connectivity index (χ0n) is 18.2. The quantitative estimate of drug-likeness (QED) is 0.438. The standard InChI is InChI=1S/C22H27FN8O/c1-13-25-17-4-3-16(27-20(17)30(13)12-10-23)15-7-11-31-18(15)19(24)28-21(29-31)26-14-5-8-22(2,32)9-6-14/h3-4,7,11,14,32H,5-6,8-10,12H2,1-2H3,(H3,24,26,28,29). The normalized spacial score (nSPS) is 21.4. The van der Waals surface area contributed by atoms with Gasteiger partial charge in [-0.2, -0.15) is 4.98 Å². The Balaban J connectivity index is 1.48. The summed E-state index contributed by atoms with van der Waals surface area (Å²) >= 11 is 0. The SMILES string of the molecule is Cc1nc2ccc(-c3ccn4nc(NC5CCC(C)(O)CC5)nc(N)c34)nc2n1CCF. The zero-order chi connectivity index (χ0) is 22.5. The molecule has 0 atom stereocenters. The highest BCUT2D eigenvalue weighted by molar-refractivity contribution is 5.88. The molecule has 0 unspecified atom stereocenters. The summed E-state index contributed by atoms with van der Waals surface area (Å²) in [5.74, 6) is 1.54. The maximum atomic E-state index is 13.0. The van der Waals surface area contributed by atoms with E-state index in [9.17, 15) is 9.50 Å². The molecule has 0 amide bonds. The van der Waals surface area contributed by atoms with Crippen LogP contribution in [0.25, 0.3) is 27.9 Å². The van der Waals surface area contributed by atoms with Crippen molar-refractivity contribution in [2.75, 3.05) is 17.7 Å². The van der Waals surface area contributed by atoms with Crippen LogP contribution in [0.1, 0.15) is 38.4 Å². The van der Waals surface area contributed by atoms with Gasteiger partial charge in [-0.25, -0.2) is 18.9 Å². The number of pyridine rings is 1. The largest absolute Gasteiger partial charge is 0.390 e. The van der Waals surface area contributed by atoms with Crippen molar-refractivity contribution in [1.29, 1.82) is 0 Å². The van der Waals surface area contributed by atoms with Crippen LogP contribution in [0.3, 0.4) is 0 Å². The molecule has 4 N–H and O–H groups in total. The fourth-order valence-electron chi connectivity index (χ4n) is 4.50. The van der Waals surface area contributed by atoms with Crippen LogP contribution < -0.4 is 11.1 Å². The van der Waals surface area contributed by atoms with Gasteiger partial charge in [-0.3, -0.25) is 0 Å². The Kier molecular flexibility index (Phi) is 4.96. The van der Waals surface area contributed by atoms with Crippen LogP contribution in [0.4, 0.5) is 16.2 Å². The molecule has 9 nitrogen and oxygen atoms in total. The van der Waals surface area contributed by atoms with Gasteiger partial charge in [0, 0.05) is 17.8 Å². The second-order valence-electron chi connectivity index (χ2n) is 8.80. The number of aromatic nitrogens is 6. The lowest BCUT2D eigenvalue weighted by molar-refractivity contribution is 0.0195. The number of aliphatic hydroxyl groups is 1. The molecule has 10 heteroatoms. The summed E-state index contributed by atoms with van der Waals surface area (Å²) in [5.41, 5.74) is 9.28. The first kappa shape index (κ1) is 20.6. The van der Waals surface area contributed by atoms with Crippen LogP contribution in [-0.4, -0.2) is 52.6 Å². The van der Waals surface area contributed by atoms with Gasteiger partial charge in [-0.15, -0.1) is 5.10 Å². The number of nitrogens with one attached hydrogen (secondary N) is 1. The van der Waals surface area contributed by atoms with Crippen molar-refractivity contribution in [3.8, 4) is 11.3 Å². The molecule has 0 radical (unpaired) electrons. The first-order valence-corrected chi connectivity index (χ1v) is 10.9. The smallest absolute Gasteiger partial charge is 0.243 e. The number of nitrogens with two attached hydrogens (primary N) is 1. The predicted molar refractivity (Wildman–Crippen MR) is 121 cm³/mol. The third kappa shape index (κ3) is 3.64. The Hall–Kier alpha value is -3.27. The van der Waals surface area contributed by atoms with Crippen LogP contribution >= 0.6 is 0 Å². The van der Waals surface area contributed by atoms with E-state index in [-0.39, 0.29) is 12.6 Å². The molecule has 4 aromatic rings. The van der Waals surface area contributed by atoms with E-state index in [0.29, 0.717) is 28.6 Å². The summed E-state index contributed by atoms with van der Waals surface area (Å²) in [4.78, 5) is 13.7. The number of anilines is 2. The number of hydrogen-bond donors (Lipinski definition) is 3. The van der Waals surface area contributed by atoms with Crippen molar-refractivity contribution in [3.63, 3.8) is 0 Å². The summed E-state index contributed by atoms with van der Waals surface area (Å²) in [6.45, 7) is 3.45. The van der Waals surface area contributed by atoms with Crippen LogP contribution in [0, 0.1) is 6.92 Å². The van der Waals surface area contributed by atoms with Gasteiger partial charge in [-0.05, 0) is 57.7 Å². The van der Waals surface area contributed by atoms with Gasteiger partial charge in [0.2, 0.25) is 5.95 Å². The van der Waals surface area contributed by atoms with Crippen molar-refractivity contribution < 1.29 is 9.50 Å². The highest BCUT2D eigenvalue weighted by atomic mass is 19.1. The molecule has 0 bridgehead atoms. The molecule has 0 spiro atoms. The Morgan fingerprint density at radius 3 is 2.75 bits per heavy atom. The topological polar surface area (TPSA) is 119 Å². The summed E-state index contributed by atoms with van der Waals surface area (Å²) in [7, 11) is 0. The van der Waals surface area contributed by atoms with E-state index < -0.39 is 12.3 Å². The molecule has 0 aliphatic heterocycles. The minimum Gasteiger partial charge on any atom is -0.390 e. The molecule has 5 rings (SSSR count). The Labute approximate surface area is 184 Å². The molecule has 1 aliphatic rings. The molecule has 4 aromatic heterocycles. The summed E-state index contributed by atoms with van der Waals surface area (Å²) < 4.78 is 16.5. The molecule has 1 saturated carbocycles. The van der Waals surface area contributed by atoms with Gasteiger partial charge in [0.15, 0.2) is 11.5 Å². The van der Waals surface area contributed by atoms with Gasteiger partial charge in [0.05, 0.1) is 17.8 Å².